The van der Waals surface area contributed by atoms with Crippen molar-refractivity contribution < 1.29 is 18.3 Å². The van der Waals surface area contributed by atoms with Gasteiger partial charge < -0.3 is 5.11 Å². The van der Waals surface area contributed by atoms with Crippen molar-refractivity contribution in [3.8, 4) is 0 Å². The molecule has 23 heavy (non-hydrogen) atoms. The van der Waals surface area contributed by atoms with Gasteiger partial charge in [-0.3, -0.25) is 4.98 Å². The molecule has 0 saturated carbocycles. The lowest BCUT2D eigenvalue weighted by Gasteiger charge is -2.23. The number of fused-ring (bicyclic) bond motifs is 1. The van der Waals surface area contributed by atoms with Gasteiger partial charge in [-0.2, -0.15) is 13.2 Å². The fourth-order valence-corrected chi connectivity index (χ4v) is 2.21. The Morgan fingerprint density at radius 2 is 1.91 bits per heavy atom. The first-order valence-electron chi connectivity index (χ1n) is 6.81. The maximum atomic E-state index is 12.8. The van der Waals surface area contributed by atoms with Gasteiger partial charge in [-0.05, 0) is 18.6 Å². The minimum Gasteiger partial charge on any atom is -0.375 e. The number of rotatable bonds is 3. The van der Waals surface area contributed by atoms with Crippen molar-refractivity contribution >= 4 is 10.9 Å². The number of para-hydroxylation sites is 1. The lowest BCUT2D eigenvalue weighted by molar-refractivity contribution is -0.260. The molecule has 8 heteroatoms. The standard InChI is InChI=1S/C15H13F3N4O/c1-14(23,15(16,17)18)12-9-22(21-20-12)8-11-5-2-4-10-6-3-7-19-13(10)11/h2-7,9,23H,8H2,1H3. The van der Waals surface area contributed by atoms with Crippen LogP contribution in [0.15, 0.2) is 42.7 Å². The molecule has 1 unspecified atom stereocenters. The van der Waals surface area contributed by atoms with E-state index in [4.69, 9.17) is 0 Å². The van der Waals surface area contributed by atoms with Crippen LogP contribution in [0.2, 0.25) is 0 Å². The van der Waals surface area contributed by atoms with Crippen molar-refractivity contribution in [1.29, 1.82) is 0 Å². The van der Waals surface area contributed by atoms with Crippen LogP contribution in [0.3, 0.4) is 0 Å². The normalized spacial score (nSPS) is 14.8. The molecule has 0 aliphatic rings. The third-order valence-electron chi connectivity index (χ3n) is 3.64. The second-order valence-corrected chi connectivity index (χ2v) is 5.36. The van der Waals surface area contributed by atoms with Crippen molar-refractivity contribution in [1.82, 2.24) is 20.0 Å². The van der Waals surface area contributed by atoms with Gasteiger partial charge in [0.2, 0.25) is 5.60 Å². The molecule has 0 amide bonds. The fourth-order valence-electron chi connectivity index (χ4n) is 2.21. The Bertz CT molecular complexity index is 837. The van der Waals surface area contributed by atoms with E-state index in [0.717, 1.165) is 22.7 Å². The van der Waals surface area contributed by atoms with Crippen LogP contribution in [0.1, 0.15) is 18.2 Å². The summed E-state index contributed by atoms with van der Waals surface area (Å²) in [5, 5.41) is 17.7. The van der Waals surface area contributed by atoms with E-state index in [1.807, 2.05) is 24.3 Å². The smallest absolute Gasteiger partial charge is 0.375 e. The molecule has 2 heterocycles. The number of hydrogen-bond donors (Lipinski definition) is 1. The summed E-state index contributed by atoms with van der Waals surface area (Å²) < 4.78 is 39.7. The van der Waals surface area contributed by atoms with Crippen molar-refractivity contribution in [3.05, 3.63) is 54.0 Å². The Hall–Kier alpha value is -2.48. The predicted molar refractivity (Wildman–Crippen MR) is 76.5 cm³/mol. The molecule has 0 fully saturated rings. The van der Waals surface area contributed by atoms with Crippen LogP contribution < -0.4 is 0 Å². The highest BCUT2D eigenvalue weighted by atomic mass is 19.4. The maximum Gasteiger partial charge on any atom is 0.422 e. The van der Waals surface area contributed by atoms with Crippen molar-refractivity contribution in [2.24, 2.45) is 0 Å². The summed E-state index contributed by atoms with van der Waals surface area (Å²) in [6.07, 6.45) is -2.09. The van der Waals surface area contributed by atoms with Gasteiger partial charge in [0.25, 0.3) is 0 Å². The monoisotopic (exact) mass is 322 g/mol. The van der Waals surface area contributed by atoms with E-state index in [1.165, 1.54) is 4.68 Å². The van der Waals surface area contributed by atoms with E-state index in [-0.39, 0.29) is 6.54 Å². The lowest BCUT2D eigenvalue weighted by Crippen LogP contribution is -2.39. The first-order chi connectivity index (χ1) is 10.8. The second-order valence-electron chi connectivity index (χ2n) is 5.36. The van der Waals surface area contributed by atoms with E-state index >= 15 is 0 Å². The number of halogens is 3. The molecule has 0 saturated heterocycles. The van der Waals surface area contributed by atoms with Gasteiger partial charge in [0.15, 0.2) is 0 Å². The van der Waals surface area contributed by atoms with Crippen LogP contribution in [-0.4, -0.2) is 31.3 Å². The highest BCUT2D eigenvalue weighted by Crippen LogP contribution is 2.37. The average molecular weight is 322 g/mol. The maximum absolute atomic E-state index is 12.8. The van der Waals surface area contributed by atoms with Gasteiger partial charge in [0.1, 0.15) is 5.69 Å². The van der Waals surface area contributed by atoms with Crippen molar-refractivity contribution in [3.63, 3.8) is 0 Å². The Morgan fingerprint density at radius 1 is 1.17 bits per heavy atom. The third-order valence-corrected chi connectivity index (χ3v) is 3.64. The fraction of sp³-hybridized carbons (Fsp3) is 0.267. The molecule has 0 spiro atoms. The van der Waals surface area contributed by atoms with E-state index in [0.29, 0.717) is 6.92 Å². The number of aliphatic hydroxyl groups is 1. The van der Waals surface area contributed by atoms with Crippen molar-refractivity contribution in [2.75, 3.05) is 0 Å². The molecular weight excluding hydrogens is 309 g/mol. The summed E-state index contributed by atoms with van der Waals surface area (Å²) in [5.74, 6) is 0. The summed E-state index contributed by atoms with van der Waals surface area (Å²) in [6, 6.07) is 9.25. The summed E-state index contributed by atoms with van der Waals surface area (Å²) in [5.41, 5.74) is -2.04. The topological polar surface area (TPSA) is 63.8 Å². The van der Waals surface area contributed by atoms with Crippen LogP contribution in [0, 0.1) is 0 Å². The molecule has 0 aliphatic carbocycles. The first-order valence-corrected chi connectivity index (χ1v) is 6.81. The molecular formula is C15H13F3N4O. The lowest BCUT2D eigenvalue weighted by atomic mass is 10.0. The van der Waals surface area contributed by atoms with Crippen LogP contribution in [-0.2, 0) is 12.1 Å². The zero-order chi connectivity index (χ0) is 16.7. The van der Waals surface area contributed by atoms with Gasteiger partial charge in [0, 0.05) is 11.6 Å². The number of hydrogen-bond acceptors (Lipinski definition) is 4. The zero-order valence-electron chi connectivity index (χ0n) is 12.1. The SMILES string of the molecule is CC(O)(c1cn(Cc2cccc3cccnc23)nn1)C(F)(F)F. The number of nitrogens with zero attached hydrogens (tertiary/aromatic N) is 4. The Labute approximate surface area is 129 Å². The minimum absolute atomic E-state index is 0.204. The molecule has 2 aromatic heterocycles. The molecule has 0 bridgehead atoms. The van der Waals surface area contributed by atoms with Gasteiger partial charge in [0.05, 0.1) is 18.3 Å². The largest absolute Gasteiger partial charge is 0.422 e. The summed E-state index contributed by atoms with van der Waals surface area (Å²) in [4.78, 5) is 4.28. The summed E-state index contributed by atoms with van der Waals surface area (Å²) >= 11 is 0. The minimum atomic E-state index is -4.82. The molecule has 1 aromatic carbocycles. The van der Waals surface area contributed by atoms with Gasteiger partial charge in [-0.25, -0.2) is 4.68 Å². The molecule has 0 aliphatic heterocycles. The number of alkyl halides is 3. The van der Waals surface area contributed by atoms with Gasteiger partial charge in [-0.15, -0.1) is 5.10 Å². The Balaban J connectivity index is 1.93. The predicted octanol–water partition coefficient (Wildman–Crippen LogP) is 2.64. The Kier molecular flexibility index (Phi) is 3.56. The second kappa shape index (κ2) is 5.31. The van der Waals surface area contributed by atoms with E-state index in [2.05, 4.69) is 15.3 Å². The molecule has 1 atom stereocenters. The molecule has 0 radical (unpaired) electrons. The quantitative estimate of drug-likeness (QED) is 0.805. The highest BCUT2D eigenvalue weighted by Gasteiger charge is 2.53. The van der Waals surface area contributed by atoms with Crippen LogP contribution >= 0.6 is 0 Å². The van der Waals surface area contributed by atoms with Crippen LogP contribution in [0.25, 0.3) is 10.9 Å². The van der Waals surface area contributed by atoms with Crippen molar-refractivity contribution in [2.45, 2.75) is 25.2 Å². The van der Waals surface area contributed by atoms with E-state index in [1.54, 1.807) is 12.3 Å². The molecule has 3 rings (SSSR count). The summed E-state index contributed by atoms with van der Waals surface area (Å²) in [7, 11) is 0. The molecule has 1 N–H and O–H groups in total. The van der Waals surface area contributed by atoms with Crippen LogP contribution in [0.4, 0.5) is 13.2 Å². The third kappa shape index (κ3) is 2.77. The number of benzene rings is 1. The van der Waals surface area contributed by atoms with Gasteiger partial charge in [-0.1, -0.05) is 29.5 Å². The zero-order valence-corrected chi connectivity index (χ0v) is 12.1. The molecule has 120 valence electrons. The number of pyridine rings is 1. The number of aromatic nitrogens is 4. The average Bonchev–Trinajstić information content (AvgIpc) is 2.96. The Morgan fingerprint density at radius 3 is 2.65 bits per heavy atom. The van der Waals surface area contributed by atoms with E-state index < -0.39 is 17.5 Å². The van der Waals surface area contributed by atoms with E-state index in [9.17, 15) is 18.3 Å². The van der Waals surface area contributed by atoms with Crippen LogP contribution in [0.5, 0.6) is 0 Å². The molecule has 3 aromatic rings. The highest BCUT2D eigenvalue weighted by molar-refractivity contribution is 5.81. The first kappa shape index (κ1) is 15.4. The molecule has 5 nitrogen and oxygen atoms in total. The summed E-state index contributed by atoms with van der Waals surface area (Å²) in [6.45, 7) is 0.857. The van der Waals surface area contributed by atoms with Gasteiger partial charge >= 0.3 is 6.18 Å².